The number of nitrogens with one attached hydrogen (secondary N) is 1. The average Bonchev–Trinajstić information content (AvgIpc) is 2.88. The number of aliphatic hydroxyl groups is 1. The van der Waals surface area contributed by atoms with E-state index in [1.807, 2.05) is 18.4 Å². The number of hydrogen-bond donors (Lipinski definition) is 2. The zero-order valence-corrected chi connectivity index (χ0v) is 12.8. The Morgan fingerprint density at radius 2 is 2.30 bits per heavy atom. The lowest BCUT2D eigenvalue weighted by Gasteiger charge is -2.28. The largest absolute Gasteiger partial charge is 0.391 e. The molecule has 0 unspecified atom stereocenters. The standard InChI is InChI=1S/C13H22N4O2S/c1-9(2)17-8-14-16-13(17)20-7-12(19)15-10-5-3-4-6-11(10)18/h8-11,18H,3-7H2,1-2H3,(H,15,19)/t10-,11-/m1/s1. The molecule has 1 aromatic rings. The number of hydrogen-bond acceptors (Lipinski definition) is 5. The maximum absolute atomic E-state index is 11.9. The van der Waals surface area contributed by atoms with Crippen LogP contribution in [0, 0.1) is 0 Å². The lowest BCUT2D eigenvalue weighted by Crippen LogP contribution is -2.45. The van der Waals surface area contributed by atoms with Crippen molar-refractivity contribution in [3.8, 4) is 0 Å². The fourth-order valence-corrected chi connectivity index (χ4v) is 3.20. The number of aromatic nitrogens is 3. The molecule has 0 radical (unpaired) electrons. The quantitative estimate of drug-likeness (QED) is 0.803. The fourth-order valence-electron chi connectivity index (χ4n) is 2.35. The van der Waals surface area contributed by atoms with Crippen molar-refractivity contribution in [2.24, 2.45) is 0 Å². The Kier molecular flexibility index (Phi) is 5.42. The summed E-state index contributed by atoms with van der Waals surface area (Å²) in [6.45, 7) is 4.09. The van der Waals surface area contributed by atoms with Crippen LogP contribution in [0.2, 0.25) is 0 Å². The van der Waals surface area contributed by atoms with Gasteiger partial charge in [0.15, 0.2) is 5.16 Å². The summed E-state index contributed by atoms with van der Waals surface area (Å²) in [5, 5.41) is 21.4. The van der Waals surface area contributed by atoms with Gasteiger partial charge in [-0.15, -0.1) is 10.2 Å². The lowest BCUT2D eigenvalue weighted by molar-refractivity contribution is -0.120. The Morgan fingerprint density at radius 1 is 1.55 bits per heavy atom. The number of carbonyl (C=O) groups is 1. The first-order valence-electron chi connectivity index (χ1n) is 7.07. The monoisotopic (exact) mass is 298 g/mol. The summed E-state index contributed by atoms with van der Waals surface area (Å²) >= 11 is 1.38. The van der Waals surface area contributed by atoms with Gasteiger partial charge in [0.1, 0.15) is 6.33 Å². The lowest BCUT2D eigenvalue weighted by atomic mass is 9.93. The van der Waals surface area contributed by atoms with Crippen molar-refractivity contribution in [1.29, 1.82) is 0 Å². The molecular weight excluding hydrogens is 276 g/mol. The number of aliphatic hydroxyl groups excluding tert-OH is 1. The van der Waals surface area contributed by atoms with Gasteiger partial charge in [-0.05, 0) is 26.7 Å². The van der Waals surface area contributed by atoms with Crippen LogP contribution >= 0.6 is 11.8 Å². The predicted octanol–water partition coefficient (Wildman–Crippen LogP) is 1.37. The molecule has 0 aromatic carbocycles. The van der Waals surface area contributed by atoms with Crippen molar-refractivity contribution in [3.63, 3.8) is 0 Å². The van der Waals surface area contributed by atoms with Crippen molar-refractivity contribution in [2.75, 3.05) is 5.75 Å². The minimum atomic E-state index is -0.406. The first-order valence-corrected chi connectivity index (χ1v) is 8.06. The highest BCUT2D eigenvalue weighted by Gasteiger charge is 2.24. The predicted molar refractivity (Wildman–Crippen MR) is 77.5 cm³/mol. The van der Waals surface area contributed by atoms with Crippen LogP contribution in [-0.2, 0) is 4.79 Å². The molecule has 2 rings (SSSR count). The zero-order valence-electron chi connectivity index (χ0n) is 12.0. The van der Waals surface area contributed by atoms with Gasteiger partial charge in [-0.25, -0.2) is 0 Å². The maximum Gasteiger partial charge on any atom is 0.230 e. The molecule has 1 aliphatic carbocycles. The van der Waals surface area contributed by atoms with E-state index in [1.165, 1.54) is 11.8 Å². The molecule has 0 aliphatic heterocycles. The van der Waals surface area contributed by atoms with E-state index in [0.717, 1.165) is 30.8 Å². The molecule has 1 saturated carbocycles. The van der Waals surface area contributed by atoms with Gasteiger partial charge >= 0.3 is 0 Å². The van der Waals surface area contributed by atoms with Crippen LogP contribution < -0.4 is 5.32 Å². The zero-order chi connectivity index (χ0) is 14.5. The third-order valence-electron chi connectivity index (χ3n) is 3.50. The Hall–Kier alpha value is -1.08. The van der Waals surface area contributed by atoms with Gasteiger partial charge in [-0.1, -0.05) is 24.6 Å². The van der Waals surface area contributed by atoms with Crippen molar-refractivity contribution in [1.82, 2.24) is 20.1 Å². The molecule has 1 amide bonds. The van der Waals surface area contributed by atoms with Crippen LogP contribution in [-0.4, -0.2) is 43.7 Å². The van der Waals surface area contributed by atoms with Crippen LogP contribution in [0.5, 0.6) is 0 Å². The van der Waals surface area contributed by atoms with E-state index >= 15 is 0 Å². The number of carbonyl (C=O) groups excluding carboxylic acids is 1. The molecule has 20 heavy (non-hydrogen) atoms. The van der Waals surface area contributed by atoms with Crippen LogP contribution in [0.15, 0.2) is 11.5 Å². The maximum atomic E-state index is 11.9. The summed E-state index contributed by atoms with van der Waals surface area (Å²) in [5.74, 6) is 0.244. The Balaban J connectivity index is 1.81. The van der Waals surface area contributed by atoms with Gasteiger partial charge in [-0.2, -0.15) is 0 Å². The summed E-state index contributed by atoms with van der Waals surface area (Å²) in [6, 6.07) is 0.176. The van der Waals surface area contributed by atoms with Crippen molar-refractivity contribution in [3.05, 3.63) is 6.33 Å². The third-order valence-corrected chi connectivity index (χ3v) is 4.46. The molecule has 112 valence electrons. The summed E-state index contributed by atoms with van der Waals surface area (Å²) < 4.78 is 1.94. The van der Waals surface area contributed by atoms with E-state index in [9.17, 15) is 9.90 Å². The second-order valence-electron chi connectivity index (χ2n) is 5.43. The van der Waals surface area contributed by atoms with Crippen LogP contribution in [0.3, 0.4) is 0 Å². The first kappa shape index (κ1) is 15.3. The van der Waals surface area contributed by atoms with E-state index < -0.39 is 6.10 Å². The molecule has 0 bridgehead atoms. The van der Waals surface area contributed by atoms with Crippen molar-refractivity contribution < 1.29 is 9.90 Å². The van der Waals surface area contributed by atoms with Gasteiger partial charge in [-0.3, -0.25) is 4.79 Å². The Labute approximate surface area is 123 Å². The van der Waals surface area contributed by atoms with Crippen LogP contribution in [0.4, 0.5) is 0 Å². The van der Waals surface area contributed by atoms with Crippen LogP contribution in [0.25, 0.3) is 0 Å². The molecule has 0 spiro atoms. The summed E-state index contributed by atoms with van der Waals surface area (Å²) in [7, 11) is 0. The second kappa shape index (κ2) is 7.08. The Bertz CT molecular complexity index is 449. The van der Waals surface area contributed by atoms with Gasteiger partial charge in [0.05, 0.1) is 17.9 Å². The van der Waals surface area contributed by atoms with Gasteiger partial charge in [0.25, 0.3) is 0 Å². The Morgan fingerprint density at radius 3 is 3.00 bits per heavy atom. The summed E-state index contributed by atoms with van der Waals surface area (Å²) in [5.41, 5.74) is 0. The van der Waals surface area contributed by atoms with E-state index in [0.29, 0.717) is 5.75 Å². The third kappa shape index (κ3) is 3.96. The molecule has 2 N–H and O–H groups in total. The molecule has 1 aliphatic rings. The fraction of sp³-hybridized carbons (Fsp3) is 0.769. The van der Waals surface area contributed by atoms with Gasteiger partial charge < -0.3 is 15.0 Å². The first-order chi connectivity index (χ1) is 9.58. The van der Waals surface area contributed by atoms with Crippen molar-refractivity contribution >= 4 is 17.7 Å². The van der Waals surface area contributed by atoms with E-state index in [4.69, 9.17) is 0 Å². The highest BCUT2D eigenvalue weighted by atomic mass is 32.2. The molecule has 0 saturated heterocycles. The normalized spacial score (nSPS) is 23.0. The summed E-state index contributed by atoms with van der Waals surface area (Å²) in [4.78, 5) is 11.9. The smallest absolute Gasteiger partial charge is 0.230 e. The molecular formula is C13H22N4O2S. The topological polar surface area (TPSA) is 80.0 Å². The molecule has 2 atom stereocenters. The molecule has 1 fully saturated rings. The van der Waals surface area contributed by atoms with E-state index in [2.05, 4.69) is 15.5 Å². The SMILES string of the molecule is CC(C)n1cnnc1SCC(=O)N[C@@H]1CCCC[C@H]1O. The number of nitrogens with zero attached hydrogens (tertiary/aromatic N) is 3. The molecule has 1 aromatic heterocycles. The minimum Gasteiger partial charge on any atom is -0.391 e. The van der Waals surface area contributed by atoms with Gasteiger partial charge in [0, 0.05) is 6.04 Å². The van der Waals surface area contributed by atoms with E-state index in [1.54, 1.807) is 6.33 Å². The molecule has 1 heterocycles. The number of thioether (sulfide) groups is 1. The molecule has 7 heteroatoms. The van der Waals surface area contributed by atoms with Crippen LogP contribution in [0.1, 0.15) is 45.6 Å². The molecule has 6 nitrogen and oxygen atoms in total. The minimum absolute atomic E-state index is 0.0562. The highest BCUT2D eigenvalue weighted by Crippen LogP contribution is 2.20. The van der Waals surface area contributed by atoms with Crippen molar-refractivity contribution in [2.45, 2.75) is 62.9 Å². The number of amides is 1. The number of rotatable bonds is 5. The highest BCUT2D eigenvalue weighted by molar-refractivity contribution is 7.99. The second-order valence-corrected chi connectivity index (χ2v) is 6.37. The average molecular weight is 298 g/mol. The van der Waals surface area contributed by atoms with Gasteiger partial charge in [0.2, 0.25) is 5.91 Å². The van der Waals surface area contributed by atoms with E-state index in [-0.39, 0.29) is 18.0 Å². The summed E-state index contributed by atoms with van der Waals surface area (Å²) in [6.07, 6.45) is 5.02.